The first-order valence-electron chi connectivity index (χ1n) is 7.28. The highest BCUT2D eigenvalue weighted by Crippen LogP contribution is 2.49. The molecule has 1 aliphatic heterocycles. The summed E-state index contributed by atoms with van der Waals surface area (Å²) in [5.41, 5.74) is 0. The maximum absolute atomic E-state index is 13.0. The van der Waals surface area contributed by atoms with Gasteiger partial charge in [-0.15, -0.1) is 0 Å². The number of ether oxygens (including phenoxy) is 1. The Labute approximate surface area is 112 Å². The minimum absolute atomic E-state index is 0.322. The summed E-state index contributed by atoms with van der Waals surface area (Å²) in [6, 6.07) is 0.322. The Hall–Kier alpha value is -0.710. The largest absolute Gasteiger partial charge is 0.456 e. The molecule has 3 fully saturated rings. The molecule has 1 N–H and O–H groups in total. The molecule has 1 saturated heterocycles. The number of fused-ring (bicyclic) bond motifs is 2. The topological polar surface area (TPSA) is 38.3 Å². The molecule has 5 atom stereocenters. The lowest BCUT2D eigenvalue weighted by molar-refractivity contribution is -0.159. The molecule has 2 bridgehead atoms. The Kier molecular flexibility index (Phi) is 3.28. The van der Waals surface area contributed by atoms with Crippen molar-refractivity contribution in [3.8, 4) is 0 Å². The zero-order valence-corrected chi connectivity index (χ0v) is 11.2. The average Bonchev–Trinajstić information content (AvgIpc) is 3.02. The zero-order valence-electron chi connectivity index (χ0n) is 11.2. The number of carbonyl (C=O) groups excluding carboxylic acids is 1. The van der Waals surface area contributed by atoms with E-state index in [-0.39, 0.29) is 0 Å². The second kappa shape index (κ2) is 4.69. The van der Waals surface area contributed by atoms with Gasteiger partial charge in [0.25, 0.3) is 0 Å². The van der Waals surface area contributed by atoms with E-state index in [2.05, 4.69) is 12.2 Å². The van der Waals surface area contributed by atoms with E-state index in [1.165, 1.54) is 25.7 Å². The van der Waals surface area contributed by atoms with Crippen LogP contribution in [0, 0.1) is 17.8 Å². The maximum Gasteiger partial charge on any atom is 0.377 e. The van der Waals surface area contributed by atoms with Crippen LogP contribution in [0.25, 0.3) is 0 Å². The minimum Gasteiger partial charge on any atom is -0.456 e. The minimum atomic E-state index is -3.29. The van der Waals surface area contributed by atoms with Crippen molar-refractivity contribution < 1.29 is 18.3 Å². The summed E-state index contributed by atoms with van der Waals surface area (Å²) in [5.74, 6) is -2.31. The number of esters is 1. The van der Waals surface area contributed by atoms with Gasteiger partial charge < -0.3 is 10.1 Å². The molecule has 0 amide bonds. The first kappa shape index (κ1) is 13.3. The summed E-state index contributed by atoms with van der Waals surface area (Å²) in [6.07, 6.45) is 4.12. The van der Waals surface area contributed by atoms with Crippen molar-refractivity contribution >= 4 is 5.97 Å². The van der Waals surface area contributed by atoms with Crippen molar-refractivity contribution in [2.24, 2.45) is 17.8 Å². The predicted molar refractivity (Wildman–Crippen MR) is 65.8 cm³/mol. The molecule has 5 unspecified atom stereocenters. The number of hydrogen-bond acceptors (Lipinski definition) is 3. The predicted octanol–water partition coefficient (Wildman–Crippen LogP) is 2.35. The van der Waals surface area contributed by atoms with Crippen LogP contribution in [-0.4, -0.2) is 30.6 Å². The van der Waals surface area contributed by atoms with E-state index in [1.54, 1.807) is 0 Å². The lowest BCUT2D eigenvalue weighted by atomic mass is 9.84. The number of hydrogen-bond donors (Lipinski definition) is 1. The van der Waals surface area contributed by atoms with Gasteiger partial charge in [-0.1, -0.05) is 6.42 Å². The molecule has 0 aromatic carbocycles. The number of cyclic esters (lactones) is 1. The summed E-state index contributed by atoms with van der Waals surface area (Å²) in [6.45, 7) is 2.47. The Morgan fingerprint density at radius 2 is 2.21 bits per heavy atom. The third-order valence-electron chi connectivity index (χ3n) is 5.16. The molecule has 3 aliphatic rings. The van der Waals surface area contributed by atoms with Gasteiger partial charge >= 0.3 is 11.9 Å². The standard InChI is InChI=1S/C14H21F2NO2/c1-8(12-5-9-2-3-10(12)4-9)17-7-11-6-14(15,16)13(18)19-11/h8-12,17H,2-7H2,1H3. The molecule has 3 nitrogen and oxygen atoms in total. The van der Waals surface area contributed by atoms with Crippen molar-refractivity contribution in [3.05, 3.63) is 0 Å². The molecule has 108 valence electrons. The van der Waals surface area contributed by atoms with Crippen LogP contribution in [0.4, 0.5) is 8.78 Å². The fourth-order valence-electron chi connectivity index (χ4n) is 4.14. The van der Waals surface area contributed by atoms with Crippen molar-refractivity contribution in [1.29, 1.82) is 0 Å². The van der Waals surface area contributed by atoms with Crippen LogP contribution in [0.1, 0.15) is 39.0 Å². The lowest BCUT2D eigenvalue weighted by Gasteiger charge is -2.29. The van der Waals surface area contributed by atoms with E-state index in [9.17, 15) is 13.6 Å². The van der Waals surface area contributed by atoms with E-state index in [4.69, 9.17) is 4.74 Å². The van der Waals surface area contributed by atoms with Crippen molar-refractivity contribution in [3.63, 3.8) is 0 Å². The van der Waals surface area contributed by atoms with Gasteiger partial charge in [-0.05, 0) is 43.9 Å². The van der Waals surface area contributed by atoms with Crippen LogP contribution in [-0.2, 0) is 9.53 Å². The molecule has 0 spiro atoms. The van der Waals surface area contributed by atoms with Crippen molar-refractivity contribution in [1.82, 2.24) is 5.32 Å². The van der Waals surface area contributed by atoms with Crippen LogP contribution in [0.3, 0.4) is 0 Å². The van der Waals surface area contributed by atoms with Gasteiger partial charge in [0.2, 0.25) is 0 Å². The molecular weight excluding hydrogens is 252 g/mol. The fraction of sp³-hybridized carbons (Fsp3) is 0.929. The molecule has 0 aromatic rings. The molecule has 5 heteroatoms. The summed E-state index contributed by atoms with van der Waals surface area (Å²) in [5, 5.41) is 3.30. The highest BCUT2D eigenvalue weighted by Gasteiger charge is 2.50. The molecule has 0 radical (unpaired) electrons. The van der Waals surface area contributed by atoms with Gasteiger partial charge in [-0.2, -0.15) is 8.78 Å². The van der Waals surface area contributed by atoms with Gasteiger partial charge in [-0.25, -0.2) is 4.79 Å². The van der Waals surface area contributed by atoms with E-state index < -0.39 is 24.4 Å². The van der Waals surface area contributed by atoms with Crippen LogP contribution < -0.4 is 5.32 Å². The van der Waals surface area contributed by atoms with Gasteiger partial charge in [0.15, 0.2) is 0 Å². The highest BCUT2D eigenvalue weighted by molar-refractivity contribution is 5.79. The molecule has 19 heavy (non-hydrogen) atoms. The molecule has 3 rings (SSSR count). The summed E-state index contributed by atoms with van der Waals surface area (Å²) >= 11 is 0. The van der Waals surface area contributed by atoms with Crippen LogP contribution in [0.2, 0.25) is 0 Å². The lowest BCUT2D eigenvalue weighted by Crippen LogP contribution is -2.40. The number of alkyl halides is 2. The Bertz CT molecular complexity index is 374. The van der Waals surface area contributed by atoms with E-state index >= 15 is 0 Å². The van der Waals surface area contributed by atoms with Gasteiger partial charge in [0.05, 0.1) is 6.42 Å². The summed E-state index contributed by atoms with van der Waals surface area (Å²) in [4.78, 5) is 10.9. The molecular formula is C14H21F2NO2. The average molecular weight is 273 g/mol. The first-order valence-corrected chi connectivity index (χ1v) is 7.28. The monoisotopic (exact) mass is 273 g/mol. The second-order valence-electron chi connectivity index (χ2n) is 6.47. The first-order chi connectivity index (χ1) is 8.95. The van der Waals surface area contributed by atoms with Gasteiger partial charge in [-0.3, -0.25) is 0 Å². The third-order valence-corrected chi connectivity index (χ3v) is 5.16. The third kappa shape index (κ3) is 2.49. The number of carbonyl (C=O) groups is 1. The normalized spacial score (nSPS) is 41.5. The number of nitrogens with one attached hydrogen (secondary N) is 1. The fourth-order valence-corrected chi connectivity index (χ4v) is 4.14. The Morgan fingerprint density at radius 1 is 1.42 bits per heavy atom. The summed E-state index contributed by atoms with van der Waals surface area (Å²) in [7, 11) is 0. The van der Waals surface area contributed by atoms with Crippen LogP contribution >= 0.6 is 0 Å². The second-order valence-corrected chi connectivity index (χ2v) is 6.47. The quantitative estimate of drug-likeness (QED) is 0.799. The van der Waals surface area contributed by atoms with Crippen molar-refractivity contribution in [2.45, 2.75) is 57.1 Å². The highest BCUT2D eigenvalue weighted by atomic mass is 19.3. The van der Waals surface area contributed by atoms with Gasteiger partial charge in [0.1, 0.15) is 6.10 Å². The Morgan fingerprint density at radius 3 is 2.74 bits per heavy atom. The van der Waals surface area contributed by atoms with E-state index in [0.29, 0.717) is 18.5 Å². The van der Waals surface area contributed by atoms with Crippen LogP contribution in [0.5, 0.6) is 0 Å². The van der Waals surface area contributed by atoms with E-state index in [0.717, 1.165) is 11.8 Å². The zero-order chi connectivity index (χ0) is 13.6. The van der Waals surface area contributed by atoms with Crippen molar-refractivity contribution in [2.75, 3.05) is 6.54 Å². The van der Waals surface area contributed by atoms with Gasteiger partial charge in [0, 0.05) is 12.6 Å². The smallest absolute Gasteiger partial charge is 0.377 e. The van der Waals surface area contributed by atoms with E-state index in [1.807, 2.05) is 0 Å². The maximum atomic E-state index is 13.0. The number of halogens is 2. The molecule has 0 aromatic heterocycles. The van der Waals surface area contributed by atoms with Crippen LogP contribution in [0.15, 0.2) is 0 Å². The molecule has 1 heterocycles. The molecule has 2 saturated carbocycles. The summed E-state index contributed by atoms with van der Waals surface area (Å²) < 4.78 is 30.8. The molecule has 2 aliphatic carbocycles. The number of rotatable bonds is 4. The Balaban J connectivity index is 1.47. The SMILES string of the molecule is CC(NCC1CC(F)(F)C(=O)O1)C1CC2CCC1C2.